The second-order valence-electron chi connectivity index (χ2n) is 4.55. The van der Waals surface area contributed by atoms with Crippen molar-refractivity contribution >= 4 is 11.5 Å². The highest BCUT2D eigenvalue weighted by Crippen LogP contribution is 2.31. The highest BCUT2D eigenvalue weighted by molar-refractivity contribution is 5.95. The summed E-state index contributed by atoms with van der Waals surface area (Å²) in [7, 11) is 0. The number of Topliss-reactive ketones (excluding diaryl/α,β-unsaturated/α-hetero) is 1. The smallest absolute Gasteiger partial charge is 0.159 e. The Morgan fingerprint density at radius 3 is 2.88 bits per heavy atom. The lowest BCUT2D eigenvalue weighted by atomic mass is 10.0. The van der Waals surface area contributed by atoms with Crippen molar-refractivity contribution in [3.8, 4) is 5.75 Å². The molecule has 1 aliphatic heterocycles. The van der Waals surface area contributed by atoms with Crippen LogP contribution in [0.3, 0.4) is 0 Å². The van der Waals surface area contributed by atoms with E-state index in [2.05, 4.69) is 19.2 Å². The third kappa shape index (κ3) is 2.03. The van der Waals surface area contributed by atoms with Gasteiger partial charge in [0.1, 0.15) is 11.9 Å². The van der Waals surface area contributed by atoms with Gasteiger partial charge in [-0.3, -0.25) is 4.79 Å². The molecule has 86 valence electrons. The van der Waals surface area contributed by atoms with Gasteiger partial charge in [-0.15, -0.1) is 0 Å². The van der Waals surface area contributed by atoms with Crippen LogP contribution in [-0.2, 0) is 0 Å². The van der Waals surface area contributed by atoms with Gasteiger partial charge in [0.15, 0.2) is 5.78 Å². The summed E-state index contributed by atoms with van der Waals surface area (Å²) in [6.45, 7) is 6.65. The molecule has 0 amide bonds. The second kappa shape index (κ2) is 4.16. The summed E-state index contributed by atoms with van der Waals surface area (Å²) in [6.07, 6.45) is 0.204. The lowest BCUT2D eigenvalue weighted by Crippen LogP contribution is -2.35. The van der Waals surface area contributed by atoms with Crippen molar-refractivity contribution in [2.24, 2.45) is 5.92 Å². The molecule has 0 spiro atoms. The van der Waals surface area contributed by atoms with Crippen molar-refractivity contribution in [1.82, 2.24) is 0 Å². The lowest BCUT2D eigenvalue weighted by molar-refractivity contribution is 0.101. The maximum Gasteiger partial charge on any atom is 0.159 e. The molecule has 1 unspecified atom stereocenters. The molecule has 3 heteroatoms. The highest BCUT2D eigenvalue weighted by atomic mass is 16.5. The summed E-state index contributed by atoms with van der Waals surface area (Å²) < 4.78 is 5.85. The molecule has 0 radical (unpaired) electrons. The zero-order valence-corrected chi connectivity index (χ0v) is 9.91. The van der Waals surface area contributed by atoms with Gasteiger partial charge >= 0.3 is 0 Å². The molecule has 0 aliphatic carbocycles. The number of carbonyl (C=O) groups is 1. The first-order chi connectivity index (χ1) is 7.58. The second-order valence-corrected chi connectivity index (χ2v) is 4.55. The Balaban J connectivity index is 2.25. The van der Waals surface area contributed by atoms with Crippen molar-refractivity contribution in [2.45, 2.75) is 26.9 Å². The van der Waals surface area contributed by atoms with Gasteiger partial charge in [0.2, 0.25) is 0 Å². The fraction of sp³-hybridized carbons (Fsp3) is 0.462. The number of benzene rings is 1. The van der Waals surface area contributed by atoms with Crippen LogP contribution in [0.4, 0.5) is 5.69 Å². The van der Waals surface area contributed by atoms with Crippen LogP contribution in [0.25, 0.3) is 0 Å². The average Bonchev–Trinajstić information content (AvgIpc) is 2.27. The zero-order chi connectivity index (χ0) is 11.7. The molecule has 2 rings (SSSR count). The van der Waals surface area contributed by atoms with Crippen LogP contribution < -0.4 is 10.1 Å². The monoisotopic (exact) mass is 219 g/mol. The van der Waals surface area contributed by atoms with Gasteiger partial charge < -0.3 is 10.1 Å². The third-order valence-corrected chi connectivity index (χ3v) is 2.90. The summed E-state index contributed by atoms with van der Waals surface area (Å²) >= 11 is 0. The van der Waals surface area contributed by atoms with E-state index in [9.17, 15) is 4.79 Å². The van der Waals surface area contributed by atoms with Gasteiger partial charge in [-0.05, 0) is 31.0 Å². The third-order valence-electron chi connectivity index (χ3n) is 2.90. The minimum absolute atomic E-state index is 0.0792. The standard InChI is InChI=1S/C13H17NO2/c1-8(2)13-7-14-11-6-10(9(3)15)4-5-12(11)16-13/h4-6,8,13-14H,7H2,1-3H3. The number of anilines is 1. The molecule has 3 nitrogen and oxygen atoms in total. The first-order valence-electron chi connectivity index (χ1n) is 5.63. The number of fused-ring (bicyclic) bond motifs is 1. The largest absolute Gasteiger partial charge is 0.486 e. The normalized spacial score (nSPS) is 18.6. The van der Waals surface area contributed by atoms with Gasteiger partial charge in [0.25, 0.3) is 0 Å². The number of ether oxygens (including phenoxy) is 1. The molecule has 1 aromatic rings. The predicted molar refractivity (Wildman–Crippen MR) is 64.2 cm³/mol. The van der Waals surface area contributed by atoms with E-state index in [-0.39, 0.29) is 11.9 Å². The minimum atomic E-state index is 0.0792. The lowest BCUT2D eigenvalue weighted by Gasteiger charge is -2.30. The molecule has 1 N–H and O–H groups in total. The van der Waals surface area contributed by atoms with E-state index in [0.29, 0.717) is 5.92 Å². The quantitative estimate of drug-likeness (QED) is 0.777. The van der Waals surface area contributed by atoms with Crippen molar-refractivity contribution in [1.29, 1.82) is 0 Å². The van der Waals surface area contributed by atoms with Crippen LogP contribution in [0.5, 0.6) is 5.75 Å². The fourth-order valence-corrected chi connectivity index (χ4v) is 1.78. The van der Waals surface area contributed by atoms with Crippen LogP contribution in [0.15, 0.2) is 18.2 Å². The molecule has 1 aromatic carbocycles. The van der Waals surface area contributed by atoms with Crippen molar-refractivity contribution in [3.63, 3.8) is 0 Å². The van der Waals surface area contributed by atoms with Crippen LogP contribution in [0.2, 0.25) is 0 Å². The molecule has 1 aliphatic rings. The van der Waals surface area contributed by atoms with Crippen molar-refractivity contribution in [2.75, 3.05) is 11.9 Å². The zero-order valence-electron chi connectivity index (χ0n) is 9.91. The molecule has 0 aromatic heterocycles. The SMILES string of the molecule is CC(=O)c1ccc2c(c1)NCC(C(C)C)O2. The molecule has 1 atom stereocenters. The summed E-state index contributed by atoms with van der Waals surface area (Å²) in [6, 6.07) is 5.54. The Kier molecular flexibility index (Phi) is 2.86. The molecule has 0 bridgehead atoms. The van der Waals surface area contributed by atoms with E-state index in [0.717, 1.165) is 23.5 Å². The molecular formula is C13H17NO2. The Labute approximate surface area is 95.8 Å². The van der Waals surface area contributed by atoms with Gasteiger partial charge in [0.05, 0.1) is 12.2 Å². The van der Waals surface area contributed by atoms with Crippen LogP contribution in [-0.4, -0.2) is 18.4 Å². The Hall–Kier alpha value is -1.51. The summed E-state index contributed by atoms with van der Waals surface area (Å²) in [4.78, 5) is 11.2. The van der Waals surface area contributed by atoms with Gasteiger partial charge in [-0.25, -0.2) is 0 Å². The van der Waals surface area contributed by atoms with E-state index in [1.165, 1.54) is 0 Å². The molecular weight excluding hydrogens is 202 g/mol. The number of nitrogens with one attached hydrogen (secondary N) is 1. The molecule has 0 saturated carbocycles. The molecule has 0 fully saturated rings. The number of hydrogen-bond donors (Lipinski definition) is 1. The maximum atomic E-state index is 11.2. The topological polar surface area (TPSA) is 38.3 Å². The summed E-state index contributed by atoms with van der Waals surface area (Å²) in [5.41, 5.74) is 1.64. The predicted octanol–water partition coefficient (Wildman–Crippen LogP) is 2.72. The molecule has 0 saturated heterocycles. The summed E-state index contributed by atoms with van der Waals surface area (Å²) in [5.74, 6) is 1.40. The van der Waals surface area contributed by atoms with Crippen molar-refractivity contribution in [3.05, 3.63) is 23.8 Å². The summed E-state index contributed by atoms with van der Waals surface area (Å²) in [5, 5.41) is 3.31. The Morgan fingerprint density at radius 1 is 1.50 bits per heavy atom. The van der Waals surface area contributed by atoms with E-state index < -0.39 is 0 Å². The van der Waals surface area contributed by atoms with Gasteiger partial charge in [-0.1, -0.05) is 13.8 Å². The Bertz CT molecular complexity index is 412. The number of carbonyl (C=O) groups excluding carboxylic acids is 1. The Morgan fingerprint density at radius 2 is 2.25 bits per heavy atom. The molecule has 16 heavy (non-hydrogen) atoms. The van der Waals surface area contributed by atoms with Crippen LogP contribution in [0, 0.1) is 5.92 Å². The first-order valence-corrected chi connectivity index (χ1v) is 5.63. The van der Waals surface area contributed by atoms with Gasteiger partial charge in [0, 0.05) is 5.56 Å². The molecule has 1 heterocycles. The van der Waals surface area contributed by atoms with Crippen molar-refractivity contribution < 1.29 is 9.53 Å². The van der Waals surface area contributed by atoms with E-state index >= 15 is 0 Å². The van der Waals surface area contributed by atoms with Gasteiger partial charge in [-0.2, -0.15) is 0 Å². The van der Waals surface area contributed by atoms with Crippen LogP contribution >= 0.6 is 0 Å². The van der Waals surface area contributed by atoms with E-state index in [1.807, 2.05) is 18.2 Å². The average molecular weight is 219 g/mol. The highest BCUT2D eigenvalue weighted by Gasteiger charge is 2.22. The number of hydrogen-bond acceptors (Lipinski definition) is 3. The number of rotatable bonds is 2. The first kappa shape index (κ1) is 11.0. The number of ketones is 1. The van der Waals surface area contributed by atoms with E-state index in [1.54, 1.807) is 6.92 Å². The fourth-order valence-electron chi connectivity index (χ4n) is 1.78. The van der Waals surface area contributed by atoms with E-state index in [4.69, 9.17) is 4.74 Å². The maximum absolute atomic E-state index is 11.2. The minimum Gasteiger partial charge on any atom is -0.486 e. The van der Waals surface area contributed by atoms with Crippen LogP contribution in [0.1, 0.15) is 31.1 Å².